The van der Waals surface area contributed by atoms with E-state index < -0.39 is 12.1 Å². The first kappa shape index (κ1) is 15.0. The van der Waals surface area contributed by atoms with Crippen molar-refractivity contribution in [3.8, 4) is 0 Å². The first-order valence-electron chi connectivity index (χ1n) is 7.24. The van der Waals surface area contributed by atoms with Crippen molar-refractivity contribution in [2.24, 2.45) is 0 Å². The largest absolute Gasteiger partial charge is 0.476 e. The molecule has 0 atom stereocenters. The molecular formula is C15H16N4O4. The van der Waals surface area contributed by atoms with Gasteiger partial charge in [0.15, 0.2) is 5.69 Å². The van der Waals surface area contributed by atoms with Gasteiger partial charge in [0.25, 0.3) is 0 Å². The Balaban J connectivity index is 1.41. The first-order chi connectivity index (χ1) is 11.1. The minimum absolute atomic E-state index is 0.000696. The van der Waals surface area contributed by atoms with E-state index in [-0.39, 0.29) is 24.4 Å². The molecule has 120 valence electrons. The van der Waals surface area contributed by atoms with E-state index in [4.69, 9.17) is 9.84 Å². The summed E-state index contributed by atoms with van der Waals surface area (Å²) in [6, 6.07) is 9.50. The molecule has 1 aliphatic rings. The van der Waals surface area contributed by atoms with Crippen LogP contribution in [0.15, 0.2) is 36.5 Å². The molecule has 1 aromatic heterocycles. The van der Waals surface area contributed by atoms with Gasteiger partial charge in [0, 0.05) is 6.04 Å². The quantitative estimate of drug-likeness (QED) is 0.868. The van der Waals surface area contributed by atoms with Crippen LogP contribution in [0.2, 0.25) is 0 Å². The van der Waals surface area contributed by atoms with Crippen molar-refractivity contribution in [3.63, 3.8) is 0 Å². The Bertz CT molecular complexity index is 695. The molecule has 0 saturated heterocycles. The van der Waals surface area contributed by atoms with Crippen molar-refractivity contribution >= 4 is 12.1 Å². The lowest BCUT2D eigenvalue weighted by Gasteiger charge is -2.35. The minimum atomic E-state index is -1.10. The zero-order chi connectivity index (χ0) is 16.2. The van der Waals surface area contributed by atoms with Gasteiger partial charge in [-0.1, -0.05) is 35.5 Å². The van der Waals surface area contributed by atoms with E-state index in [2.05, 4.69) is 15.6 Å². The van der Waals surface area contributed by atoms with Gasteiger partial charge in [-0.3, -0.25) is 0 Å². The normalized spacial score (nSPS) is 19.7. The fraction of sp³-hybridized carbons (Fsp3) is 0.333. The fourth-order valence-corrected chi connectivity index (χ4v) is 2.41. The van der Waals surface area contributed by atoms with Gasteiger partial charge in [0.1, 0.15) is 6.61 Å². The van der Waals surface area contributed by atoms with E-state index in [1.54, 1.807) is 0 Å². The minimum Gasteiger partial charge on any atom is -0.476 e. The molecule has 1 aliphatic carbocycles. The predicted octanol–water partition coefficient (Wildman–Crippen LogP) is 1.61. The maximum absolute atomic E-state index is 11.7. The SMILES string of the molecule is O=C(NC1CC(n2cc(C(=O)O)nn2)C1)OCc1ccccc1. The number of rotatable bonds is 5. The molecule has 1 amide bonds. The Kier molecular flexibility index (Phi) is 4.22. The smallest absolute Gasteiger partial charge is 0.407 e. The van der Waals surface area contributed by atoms with Crippen LogP contribution in [0.1, 0.15) is 34.9 Å². The molecule has 0 aliphatic heterocycles. The van der Waals surface area contributed by atoms with Crippen LogP contribution in [-0.4, -0.2) is 38.2 Å². The van der Waals surface area contributed by atoms with Crippen LogP contribution >= 0.6 is 0 Å². The summed E-state index contributed by atoms with van der Waals surface area (Å²) in [4.78, 5) is 22.5. The number of nitrogens with zero attached hydrogens (tertiary/aromatic N) is 3. The zero-order valence-corrected chi connectivity index (χ0v) is 12.3. The third-order valence-corrected chi connectivity index (χ3v) is 3.75. The molecule has 1 fully saturated rings. The van der Waals surface area contributed by atoms with Gasteiger partial charge in [-0.15, -0.1) is 5.10 Å². The second-order valence-corrected chi connectivity index (χ2v) is 5.42. The van der Waals surface area contributed by atoms with Gasteiger partial charge in [-0.2, -0.15) is 0 Å². The number of nitrogens with one attached hydrogen (secondary N) is 1. The lowest BCUT2D eigenvalue weighted by Crippen LogP contribution is -2.45. The molecule has 3 rings (SSSR count). The average Bonchev–Trinajstić information content (AvgIpc) is 2.99. The summed E-state index contributed by atoms with van der Waals surface area (Å²) in [7, 11) is 0. The molecule has 8 heteroatoms. The van der Waals surface area contributed by atoms with Gasteiger partial charge in [-0.25, -0.2) is 14.3 Å². The number of hydrogen-bond donors (Lipinski definition) is 2. The van der Waals surface area contributed by atoms with Crippen molar-refractivity contribution in [2.75, 3.05) is 0 Å². The summed E-state index contributed by atoms with van der Waals surface area (Å²) < 4.78 is 6.67. The highest BCUT2D eigenvalue weighted by Gasteiger charge is 2.33. The van der Waals surface area contributed by atoms with E-state index in [9.17, 15) is 9.59 Å². The number of amides is 1. The Morgan fingerprint density at radius 1 is 1.30 bits per heavy atom. The van der Waals surface area contributed by atoms with E-state index in [1.165, 1.54) is 10.9 Å². The number of alkyl carbamates (subject to hydrolysis) is 1. The summed E-state index contributed by atoms with van der Waals surface area (Å²) in [6.45, 7) is 0.230. The summed E-state index contributed by atoms with van der Waals surface area (Å²) in [5.74, 6) is -1.10. The number of carboxylic acids is 1. The summed E-state index contributed by atoms with van der Waals surface area (Å²) in [5, 5.41) is 18.9. The molecule has 1 aromatic carbocycles. The monoisotopic (exact) mass is 316 g/mol. The van der Waals surface area contributed by atoms with Crippen LogP contribution in [0.5, 0.6) is 0 Å². The molecule has 8 nitrogen and oxygen atoms in total. The lowest BCUT2D eigenvalue weighted by molar-refractivity contribution is 0.0690. The van der Waals surface area contributed by atoms with Gasteiger partial charge < -0.3 is 15.2 Å². The van der Waals surface area contributed by atoms with Crippen LogP contribution in [0.4, 0.5) is 4.79 Å². The Hall–Kier alpha value is -2.90. The van der Waals surface area contributed by atoms with Crippen molar-refractivity contribution in [2.45, 2.75) is 31.5 Å². The second-order valence-electron chi connectivity index (χ2n) is 5.42. The second kappa shape index (κ2) is 6.47. The van der Waals surface area contributed by atoms with Crippen molar-refractivity contribution < 1.29 is 19.4 Å². The van der Waals surface area contributed by atoms with Crippen molar-refractivity contribution in [1.29, 1.82) is 0 Å². The maximum Gasteiger partial charge on any atom is 0.407 e. The van der Waals surface area contributed by atoms with E-state index in [0.29, 0.717) is 12.8 Å². The molecule has 2 aromatic rings. The molecule has 2 N–H and O–H groups in total. The number of benzene rings is 1. The summed E-state index contributed by atoms with van der Waals surface area (Å²) >= 11 is 0. The third kappa shape index (κ3) is 3.65. The van der Waals surface area contributed by atoms with Crippen LogP contribution in [0.25, 0.3) is 0 Å². The highest BCUT2D eigenvalue weighted by molar-refractivity contribution is 5.84. The number of ether oxygens (including phenoxy) is 1. The van der Waals surface area contributed by atoms with Crippen LogP contribution in [-0.2, 0) is 11.3 Å². The number of carbonyl (C=O) groups is 2. The van der Waals surface area contributed by atoms with E-state index >= 15 is 0 Å². The Morgan fingerprint density at radius 3 is 2.70 bits per heavy atom. The fourth-order valence-electron chi connectivity index (χ4n) is 2.41. The topological polar surface area (TPSA) is 106 Å². The zero-order valence-electron chi connectivity index (χ0n) is 12.3. The lowest BCUT2D eigenvalue weighted by atomic mass is 9.87. The van der Waals surface area contributed by atoms with Crippen molar-refractivity contribution in [3.05, 3.63) is 47.8 Å². The molecule has 0 bridgehead atoms. The molecule has 1 heterocycles. The summed E-state index contributed by atoms with van der Waals surface area (Å²) in [6.07, 6.45) is 2.28. The number of hydrogen-bond acceptors (Lipinski definition) is 5. The van der Waals surface area contributed by atoms with E-state index in [0.717, 1.165) is 5.56 Å². The highest BCUT2D eigenvalue weighted by Crippen LogP contribution is 2.31. The number of aromatic carboxylic acids is 1. The maximum atomic E-state index is 11.7. The van der Waals surface area contributed by atoms with Crippen LogP contribution < -0.4 is 5.32 Å². The van der Waals surface area contributed by atoms with Crippen molar-refractivity contribution in [1.82, 2.24) is 20.3 Å². The number of carboxylic acid groups (broad SMARTS) is 1. The van der Waals surface area contributed by atoms with Crippen LogP contribution in [0.3, 0.4) is 0 Å². The molecule has 0 radical (unpaired) electrons. The van der Waals surface area contributed by atoms with Crippen LogP contribution in [0, 0.1) is 0 Å². The number of aromatic nitrogens is 3. The molecule has 23 heavy (non-hydrogen) atoms. The van der Waals surface area contributed by atoms with E-state index in [1.807, 2.05) is 30.3 Å². The first-order valence-corrected chi connectivity index (χ1v) is 7.24. The van der Waals surface area contributed by atoms with Gasteiger partial charge in [0.05, 0.1) is 12.2 Å². The number of carbonyl (C=O) groups excluding carboxylic acids is 1. The summed E-state index contributed by atoms with van der Waals surface area (Å²) in [5.41, 5.74) is 0.849. The molecule has 0 unspecified atom stereocenters. The Morgan fingerprint density at radius 2 is 2.04 bits per heavy atom. The average molecular weight is 316 g/mol. The predicted molar refractivity (Wildman–Crippen MR) is 78.8 cm³/mol. The molecular weight excluding hydrogens is 300 g/mol. The standard InChI is InChI=1S/C15H16N4O4/c20-14(21)13-8-19(18-17-13)12-6-11(7-12)16-15(22)23-9-10-4-2-1-3-5-10/h1-5,8,11-12H,6-7,9H2,(H,16,22)(H,20,21). The van der Waals surface area contributed by atoms with Gasteiger partial charge >= 0.3 is 12.1 Å². The van der Waals surface area contributed by atoms with Gasteiger partial charge in [0.2, 0.25) is 0 Å². The van der Waals surface area contributed by atoms with Gasteiger partial charge in [-0.05, 0) is 18.4 Å². The Labute approximate surface area is 132 Å². The molecule has 1 saturated carbocycles. The highest BCUT2D eigenvalue weighted by atomic mass is 16.5. The third-order valence-electron chi connectivity index (χ3n) is 3.75. The molecule has 0 spiro atoms.